The number of rotatable bonds is 7. The van der Waals surface area contributed by atoms with Crippen LogP contribution in [0.1, 0.15) is 32.1 Å². The van der Waals surface area contributed by atoms with Crippen LogP contribution in [0.5, 0.6) is 0 Å². The summed E-state index contributed by atoms with van der Waals surface area (Å²) in [4.78, 5) is 22.6. The first kappa shape index (κ1) is 14.5. The summed E-state index contributed by atoms with van der Waals surface area (Å²) in [5.41, 5.74) is 0. The van der Waals surface area contributed by atoms with Gasteiger partial charge in [-0.15, -0.1) is 0 Å². The van der Waals surface area contributed by atoms with E-state index in [0.29, 0.717) is 24.3 Å². The number of hydrogen-bond donors (Lipinski definition) is 3. The van der Waals surface area contributed by atoms with Gasteiger partial charge in [-0.25, -0.2) is 4.79 Å². The largest absolute Gasteiger partial charge is 0.356 e. The highest BCUT2D eigenvalue weighted by Crippen LogP contribution is 2.33. The number of nitrogens with one attached hydrogen (secondary N) is 3. The molecule has 5 nitrogen and oxygen atoms in total. The zero-order valence-electron chi connectivity index (χ0n) is 11.1. The fourth-order valence-corrected chi connectivity index (χ4v) is 4.13. The van der Waals surface area contributed by atoms with Crippen LogP contribution in [-0.2, 0) is 4.79 Å². The molecule has 0 aliphatic carbocycles. The monoisotopic (exact) mass is 284 g/mol. The normalized spacial score (nSPS) is 28.7. The van der Waals surface area contributed by atoms with Crippen LogP contribution < -0.4 is 16.0 Å². The van der Waals surface area contributed by atoms with Gasteiger partial charge in [0.2, 0.25) is 5.91 Å². The third-order valence-corrected chi connectivity index (χ3v) is 5.09. The van der Waals surface area contributed by atoms with Crippen molar-refractivity contribution in [3.8, 4) is 0 Å². The zero-order chi connectivity index (χ0) is 13.7. The molecular weight excluding hydrogens is 262 g/mol. The van der Waals surface area contributed by atoms with Crippen LogP contribution in [0.2, 0.25) is 0 Å². The van der Waals surface area contributed by atoms with Crippen molar-refractivity contribution in [3.63, 3.8) is 0 Å². The number of unbranched alkanes of at least 4 members (excludes halogenated alkanes) is 1. The van der Waals surface area contributed by atoms with Gasteiger partial charge in [-0.2, -0.15) is 11.8 Å². The summed E-state index contributed by atoms with van der Waals surface area (Å²) in [6.07, 6.45) is 4.35. The van der Waals surface area contributed by atoms with E-state index in [1.165, 1.54) is 0 Å². The van der Waals surface area contributed by atoms with Crippen LogP contribution in [0.3, 0.4) is 0 Å². The number of urea groups is 1. The van der Waals surface area contributed by atoms with E-state index in [-0.39, 0.29) is 18.0 Å². The Bertz CT molecular complexity index is 338. The van der Waals surface area contributed by atoms with Gasteiger partial charge in [0.1, 0.15) is 0 Å². The van der Waals surface area contributed by atoms with Crippen LogP contribution in [0.4, 0.5) is 4.79 Å². The van der Waals surface area contributed by atoms with E-state index in [2.05, 4.69) is 22.9 Å². The van der Waals surface area contributed by atoms with Crippen molar-refractivity contribution >= 4 is 23.7 Å². The highest BCUT2D eigenvalue weighted by molar-refractivity contribution is 8.00. The first-order chi connectivity index (χ1) is 9.20. The molecular formula is C13H22N3O2S. The SMILES string of the molecule is [CH2]CCNC(=O)CCCC[C@@H]1SC[C@@H]2NC(=O)N[C@@H]21. The summed E-state index contributed by atoms with van der Waals surface area (Å²) in [5, 5.41) is 9.25. The summed E-state index contributed by atoms with van der Waals surface area (Å²) in [6.45, 7) is 4.35. The number of carbonyl (C=O) groups excluding carboxylic acids is 2. The van der Waals surface area contributed by atoms with Crippen LogP contribution in [0, 0.1) is 6.92 Å². The van der Waals surface area contributed by atoms with Gasteiger partial charge in [0.05, 0.1) is 12.1 Å². The van der Waals surface area contributed by atoms with Crippen molar-refractivity contribution in [2.24, 2.45) is 0 Å². The second kappa shape index (κ2) is 7.03. The fraction of sp³-hybridized carbons (Fsp3) is 0.769. The van der Waals surface area contributed by atoms with Crippen molar-refractivity contribution in [3.05, 3.63) is 6.92 Å². The highest BCUT2D eigenvalue weighted by Gasteiger charge is 2.42. The van der Waals surface area contributed by atoms with E-state index < -0.39 is 0 Å². The van der Waals surface area contributed by atoms with Gasteiger partial charge in [-0.1, -0.05) is 13.3 Å². The molecule has 0 saturated carbocycles. The maximum atomic E-state index is 11.4. The molecule has 2 heterocycles. The Morgan fingerprint density at radius 2 is 2.26 bits per heavy atom. The minimum absolute atomic E-state index is 0.0344. The van der Waals surface area contributed by atoms with E-state index in [1.807, 2.05) is 11.8 Å². The van der Waals surface area contributed by atoms with Gasteiger partial charge >= 0.3 is 6.03 Å². The van der Waals surface area contributed by atoms with Gasteiger partial charge in [0.15, 0.2) is 0 Å². The molecule has 19 heavy (non-hydrogen) atoms. The van der Waals surface area contributed by atoms with E-state index in [9.17, 15) is 9.59 Å². The smallest absolute Gasteiger partial charge is 0.315 e. The Kier molecular flexibility index (Phi) is 5.36. The molecule has 0 aromatic heterocycles. The van der Waals surface area contributed by atoms with Crippen LogP contribution in [0.25, 0.3) is 0 Å². The molecule has 2 fully saturated rings. The van der Waals surface area contributed by atoms with Crippen LogP contribution in [0.15, 0.2) is 0 Å². The maximum Gasteiger partial charge on any atom is 0.315 e. The van der Waals surface area contributed by atoms with Crippen molar-refractivity contribution < 1.29 is 9.59 Å². The Morgan fingerprint density at radius 1 is 1.42 bits per heavy atom. The van der Waals surface area contributed by atoms with Crippen molar-refractivity contribution in [2.75, 3.05) is 12.3 Å². The predicted molar refractivity (Wildman–Crippen MR) is 76.9 cm³/mol. The number of fused-ring (bicyclic) bond motifs is 1. The van der Waals surface area contributed by atoms with Crippen molar-refractivity contribution in [2.45, 2.75) is 49.4 Å². The average Bonchev–Trinajstić information content (AvgIpc) is 2.92. The summed E-state index contributed by atoms with van der Waals surface area (Å²) in [5.74, 6) is 1.12. The van der Waals surface area contributed by atoms with Crippen LogP contribution in [-0.4, -0.2) is 41.6 Å². The van der Waals surface area contributed by atoms with Gasteiger partial charge in [-0.05, 0) is 19.3 Å². The molecule has 6 heteroatoms. The third-order valence-electron chi connectivity index (χ3n) is 3.58. The first-order valence-electron chi connectivity index (χ1n) is 6.95. The molecule has 2 aliphatic rings. The molecule has 0 aromatic carbocycles. The Labute approximate surface area is 118 Å². The summed E-state index contributed by atoms with van der Waals surface area (Å²) in [6, 6.07) is 0.535. The van der Waals surface area contributed by atoms with Gasteiger partial charge in [0, 0.05) is 24.0 Å². The lowest BCUT2D eigenvalue weighted by molar-refractivity contribution is -0.121. The predicted octanol–water partition coefficient (Wildman–Crippen LogP) is 1.05. The Balaban J connectivity index is 1.59. The van der Waals surface area contributed by atoms with E-state index in [1.54, 1.807) is 0 Å². The van der Waals surface area contributed by atoms with E-state index >= 15 is 0 Å². The molecule has 3 N–H and O–H groups in total. The second-order valence-electron chi connectivity index (χ2n) is 5.07. The van der Waals surface area contributed by atoms with E-state index in [0.717, 1.165) is 31.4 Å². The molecule has 3 atom stereocenters. The maximum absolute atomic E-state index is 11.4. The molecule has 107 valence electrons. The lowest BCUT2D eigenvalue weighted by atomic mass is 10.0. The molecule has 0 aromatic rings. The van der Waals surface area contributed by atoms with Crippen molar-refractivity contribution in [1.29, 1.82) is 0 Å². The molecule has 3 amide bonds. The minimum Gasteiger partial charge on any atom is -0.356 e. The fourth-order valence-electron chi connectivity index (χ4n) is 2.59. The number of hydrogen-bond acceptors (Lipinski definition) is 3. The Morgan fingerprint density at radius 3 is 3.05 bits per heavy atom. The minimum atomic E-state index is -0.0344. The molecule has 2 saturated heterocycles. The summed E-state index contributed by atoms with van der Waals surface area (Å²) < 4.78 is 0. The van der Waals surface area contributed by atoms with Gasteiger partial charge in [0.25, 0.3) is 0 Å². The summed E-state index contributed by atoms with van der Waals surface area (Å²) >= 11 is 1.92. The van der Waals surface area contributed by atoms with Crippen LogP contribution >= 0.6 is 11.8 Å². The standard InChI is InChI=1S/C13H22N3O2S/c1-2-7-14-11(17)6-4-3-5-10-12-9(8-19-10)15-13(18)16-12/h9-10,12H,1-8H2,(H,14,17)(H2,15,16,18)/t9-,10-,12-/m0/s1. The number of amides is 3. The molecule has 2 aliphatic heterocycles. The molecule has 2 rings (SSSR count). The van der Waals surface area contributed by atoms with Crippen molar-refractivity contribution in [1.82, 2.24) is 16.0 Å². The third kappa shape index (κ3) is 4.03. The molecule has 0 bridgehead atoms. The lowest BCUT2D eigenvalue weighted by Crippen LogP contribution is -2.36. The topological polar surface area (TPSA) is 70.2 Å². The number of carbonyl (C=O) groups is 2. The summed E-state index contributed by atoms with van der Waals surface area (Å²) in [7, 11) is 0. The van der Waals surface area contributed by atoms with E-state index in [4.69, 9.17) is 0 Å². The average molecular weight is 284 g/mol. The first-order valence-corrected chi connectivity index (χ1v) is 8.00. The zero-order valence-corrected chi connectivity index (χ0v) is 11.9. The van der Waals surface area contributed by atoms with Gasteiger partial charge < -0.3 is 16.0 Å². The van der Waals surface area contributed by atoms with Gasteiger partial charge in [-0.3, -0.25) is 4.79 Å². The molecule has 0 spiro atoms. The highest BCUT2D eigenvalue weighted by atomic mass is 32.2. The second-order valence-corrected chi connectivity index (χ2v) is 6.34. The lowest BCUT2D eigenvalue weighted by Gasteiger charge is -2.16. The molecule has 1 radical (unpaired) electrons. The quantitative estimate of drug-likeness (QED) is 0.483. The molecule has 0 unspecified atom stereocenters. The number of thioether (sulfide) groups is 1. The Hall–Kier alpha value is -0.910.